The summed E-state index contributed by atoms with van der Waals surface area (Å²) in [6, 6.07) is 7.84. The molecule has 0 radical (unpaired) electrons. The highest BCUT2D eigenvalue weighted by Gasteiger charge is 2.35. The second-order valence-electron chi connectivity index (χ2n) is 5.98. The molecule has 0 spiro atoms. The smallest absolute Gasteiger partial charge is 0.257 e. The maximum Gasteiger partial charge on any atom is 0.257 e. The van der Waals surface area contributed by atoms with E-state index < -0.39 is 0 Å². The van der Waals surface area contributed by atoms with Gasteiger partial charge in [0.25, 0.3) is 5.91 Å². The van der Waals surface area contributed by atoms with Gasteiger partial charge in [0.15, 0.2) is 0 Å². The van der Waals surface area contributed by atoms with Gasteiger partial charge in [0, 0.05) is 11.3 Å². The van der Waals surface area contributed by atoms with E-state index >= 15 is 0 Å². The molecule has 1 unspecified atom stereocenters. The van der Waals surface area contributed by atoms with Gasteiger partial charge in [-0.15, -0.1) is 11.3 Å². The average Bonchev–Trinajstić information content (AvgIpc) is 3.30. The van der Waals surface area contributed by atoms with Gasteiger partial charge in [-0.3, -0.25) is 9.69 Å². The summed E-state index contributed by atoms with van der Waals surface area (Å²) in [6.07, 6.45) is 4.72. The Kier molecular flexibility index (Phi) is 4.01. The van der Waals surface area contributed by atoms with Crippen LogP contribution in [0.15, 0.2) is 45.4 Å². The fourth-order valence-electron chi connectivity index (χ4n) is 3.24. The van der Waals surface area contributed by atoms with Crippen molar-refractivity contribution in [1.82, 2.24) is 9.91 Å². The number of hydrogen-bond donors (Lipinski definition) is 0. The van der Waals surface area contributed by atoms with Crippen LogP contribution in [0.25, 0.3) is 0 Å². The van der Waals surface area contributed by atoms with Gasteiger partial charge in [0.2, 0.25) is 0 Å². The molecule has 0 N–H and O–H groups in total. The molecule has 0 aromatic carbocycles. The standard InChI is InChI=1S/C17H19N3O2S/c21-17(12-19-7-1-2-8-19)20-14(16-6-4-10-23-16)11-13(18-20)15-5-3-9-22-15/h3-6,9-10,14H,1-2,7-8,11-12H2. The SMILES string of the molecule is O=C(CN1CCCC1)N1N=C(c2ccco2)CC1c1cccs1. The fraction of sp³-hybridized carbons (Fsp3) is 0.412. The largest absolute Gasteiger partial charge is 0.463 e. The number of hydrogen-bond acceptors (Lipinski definition) is 5. The van der Waals surface area contributed by atoms with Gasteiger partial charge in [-0.2, -0.15) is 5.10 Å². The number of carbonyl (C=O) groups excluding carboxylic acids is 1. The van der Waals surface area contributed by atoms with Crippen LogP contribution in [-0.2, 0) is 4.79 Å². The number of rotatable bonds is 4. The van der Waals surface area contributed by atoms with E-state index in [-0.39, 0.29) is 11.9 Å². The summed E-state index contributed by atoms with van der Waals surface area (Å²) in [5.41, 5.74) is 0.850. The van der Waals surface area contributed by atoms with Gasteiger partial charge in [0.1, 0.15) is 11.5 Å². The average molecular weight is 329 g/mol. The summed E-state index contributed by atoms with van der Waals surface area (Å²) in [5, 5.41) is 8.31. The maximum absolute atomic E-state index is 12.8. The molecule has 5 nitrogen and oxygen atoms in total. The molecule has 1 amide bonds. The van der Waals surface area contributed by atoms with E-state index in [1.54, 1.807) is 22.6 Å². The molecule has 1 fully saturated rings. The number of hydrazone groups is 1. The van der Waals surface area contributed by atoms with Crippen molar-refractivity contribution in [2.24, 2.45) is 5.10 Å². The first-order chi connectivity index (χ1) is 11.3. The highest BCUT2D eigenvalue weighted by molar-refractivity contribution is 7.10. The predicted octanol–water partition coefficient (Wildman–Crippen LogP) is 3.11. The van der Waals surface area contributed by atoms with Crippen molar-refractivity contribution in [3.05, 3.63) is 46.5 Å². The molecule has 6 heteroatoms. The summed E-state index contributed by atoms with van der Waals surface area (Å²) < 4.78 is 5.47. The minimum atomic E-state index is -0.00907. The van der Waals surface area contributed by atoms with Crippen molar-refractivity contribution in [3.8, 4) is 0 Å². The third-order valence-electron chi connectivity index (χ3n) is 4.40. The summed E-state index contributed by atoms with van der Waals surface area (Å²) >= 11 is 1.67. The molecule has 1 saturated heterocycles. The molecule has 4 rings (SSSR count). The molecule has 2 aliphatic rings. The molecule has 0 aliphatic carbocycles. The van der Waals surface area contributed by atoms with Crippen LogP contribution in [0.2, 0.25) is 0 Å². The van der Waals surface area contributed by atoms with E-state index in [1.165, 1.54) is 17.7 Å². The first kappa shape index (κ1) is 14.7. The van der Waals surface area contributed by atoms with E-state index in [2.05, 4.69) is 16.1 Å². The summed E-state index contributed by atoms with van der Waals surface area (Å²) in [7, 11) is 0. The van der Waals surface area contributed by atoms with Crippen LogP contribution < -0.4 is 0 Å². The second-order valence-corrected chi connectivity index (χ2v) is 6.96. The Hall–Kier alpha value is -1.92. The summed E-state index contributed by atoms with van der Waals surface area (Å²) in [6.45, 7) is 2.48. The van der Waals surface area contributed by atoms with Crippen molar-refractivity contribution in [1.29, 1.82) is 0 Å². The van der Waals surface area contributed by atoms with Crippen molar-refractivity contribution >= 4 is 23.0 Å². The van der Waals surface area contributed by atoms with E-state index in [4.69, 9.17) is 4.42 Å². The minimum Gasteiger partial charge on any atom is -0.463 e. The molecule has 4 heterocycles. The normalized spacial score (nSPS) is 21.8. The van der Waals surface area contributed by atoms with Crippen LogP contribution in [0, 0.1) is 0 Å². The molecule has 0 bridgehead atoms. The van der Waals surface area contributed by atoms with Crippen LogP contribution in [0.5, 0.6) is 0 Å². The third-order valence-corrected chi connectivity index (χ3v) is 5.37. The Morgan fingerprint density at radius 3 is 2.87 bits per heavy atom. The van der Waals surface area contributed by atoms with Crippen LogP contribution >= 0.6 is 11.3 Å². The lowest BCUT2D eigenvalue weighted by Crippen LogP contribution is -2.36. The third kappa shape index (κ3) is 2.96. The predicted molar refractivity (Wildman–Crippen MR) is 89.4 cm³/mol. The number of amides is 1. The summed E-state index contributed by atoms with van der Waals surface area (Å²) in [5.74, 6) is 0.829. The Morgan fingerprint density at radius 2 is 2.17 bits per heavy atom. The quantitative estimate of drug-likeness (QED) is 0.866. The zero-order chi connectivity index (χ0) is 15.6. The van der Waals surface area contributed by atoms with Crippen molar-refractivity contribution < 1.29 is 9.21 Å². The topological polar surface area (TPSA) is 49.1 Å². The lowest BCUT2D eigenvalue weighted by Gasteiger charge is -2.23. The number of likely N-dealkylation sites (tertiary alicyclic amines) is 1. The lowest BCUT2D eigenvalue weighted by molar-refractivity contribution is -0.133. The number of carbonyl (C=O) groups is 1. The zero-order valence-electron chi connectivity index (χ0n) is 12.9. The fourth-order valence-corrected chi connectivity index (χ4v) is 4.05. The number of nitrogens with zero attached hydrogens (tertiary/aromatic N) is 3. The van der Waals surface area contributed by atoms with Gasteiger partial charge >= 0.3 is 0 Å². The highest BCUT2D eigenvalue weighted by Crippen LogP contribution is 2.35. The maximum atomic E-state index is 12.8. The number of furan rings is 1. The van der Waals surface area contributed by atoms with Crippen molar-refractivity contribution in [2.75, 3.05) is 19.6 Å². The number of thiophene rings is 1. The molecule has 2 aliphatic heterocycles. The minimum absolute atomic E-state index is 0.00907. The molecule has 23 heavy (non-hydrogen) atoms. The van der Waals surface area contributed by atoms with Crippen LogP contribution in [0.3, 0.4) is 0 Å². The van der Waals surface area contributed by atoms with Crippen LogP contribution in [0.1, 0.15) is 35.9 Å². The van der Waals surface area contributed by atoms with Gasteiger partial charge in [-0.1, -0.05) is 6.07 Å². The first-order valence-corrected chi connectivity index (χ1v) is 8.88. The molecule has 120 valence electrons. The Morgan fingerprint density at radius 1 is 1.30 bits per heavy atom. The summed E-state index contributed by atoms with van der Waals surface area (Å²) in [4.78, 5) is 16.2. The first-order valence-electron chi connectivity index (χ1n) is 8.00. The molecule has 0 saturated carbocycles. The van der Waals surface area contributed by atoms with Crippen molar-refractivity contribution in [2.45, 2.75) is 25.3 Å². The lowest BCUT2D eigenvalue weighted by atomic mass is 10.1. The van der Waals surface area contributed by atoms with E-state index in [0.717, 1.165) is 24.6 Å². The molecule has 2 aromatic heterocycles. The van der Waals surface area contributed by atoms with Gasteiger partial charge in [-0.05, 0) is 49.5 Å². The van der Waals surface area contributed by atoms with E-state index in [9.17, 15) is 4.79 Å². The van der Waals surface area contributed by atoms with E-state index in [0.29, 0.717) is 13.0 Å². The van der Waals surface area contributed by atoms with Crippen LogP contribution in [0.4, 0.5) is 0 Å². The Bertz CT molecular complexity index is 688. The Labute approximate surface area is 139 Å². The van der Waals surface area contributed by atoms with Gasteiger partial charge < -0.3 is 4.42 Å². The monoisotopic (exact) mass is 329 g/mol. The van der Waals surface area contributed by atoms with Crippen LogP contribution in [-0.4, -0.2) is 41.2 Å². The van der Waals surface area contributed by atoms with E-state index in [1.807, 2.05) is 23.6 Å². The second kappa shape index (κ2) is 6.29. The molecule has 2 aromatic rings. The molecular weight excluding hydrogens is 310 g/mol. The zero-order valence-corrected chi connectivity index (χ0v) is 13.7. The molecular formula is C17H19N3O2S. The van der Waals surface area contributed by atoms with Gasteiger partial charge in [-0.25, -0.2) is 5.01 Å². The highest BCUT2D eigenvalue weighted by atomic mass is 32.1. The van der Waals surface area contributed by atoms with Crippen molar-refractivity contribution in [3.63, 3.8) is 0 Å². The van der Waals surface area contributed by atoms with Gasteiger partial charge in [0.05, 0.1) is 18.8 Å². The molecule has 1 atom stereocenters. The Balaban J connectivity index is 1.57.